The second-order valence-corrected chi connectivity index (χ2v) is 6.03. The van der Waals surface area contributed by atoms with Crippen LogP contribution in [0.2, 0.25) is 0 Å². The lowest BCUT2D eigenvalue weighted by molar-refractivity contribution is -0.118. The molecule has 1 saturated carbocycles. The zero-order chi connectivity index (χ0) is 14.6. The van der Waals surface area contributed by atoms with E-state index in [9.17, 15) is 4.79 Å². The molecule has 0 spiro atoms. The molecule has 1 aromatic carbocycles. The van der Waals surface area contributed by atoms with Crippen molar-refractivity contribution in [2.45, 2.75) is 51.4 Å². The summed E-state index contributed by atoms with van der Waals surface area (Å²) in [5, 5.41) is 0. The predicted octanol–water partition coefficient (Wildman–Crippen LogP) is 3.41. The van der Waals surface area contributed by atoms with Gasteiger partial charge in [0.15, 0.2) is 0 Å². The average molecular weight is 275 g/mol. The van der Waals surface area contributed by atoms with Crippen molar-refractivity contribution in [2.24, 2.45) is 11.7 Å². The van der Waals surface area contributed by atoms with Crippen LogP contribution < -0.4 is 10.5 Å². The molecule has 0 heterocycles. The Morgan fingerprint density at radius 2 is 2.20 bits per heavy atom. The second kappa shape index (κ2) is 6.29. The summed E-state index contributed by atoms with van der Waals surface area (Å²) in [6.45, 7) is 5.10. The van der Waals surface area contributed by atoms with E-state index in [0.29, 0.717) is 12.3 Å². The van der Waals surface area contributed by atoms with E-state index in [-0.39, 0.29) is 11.3 Å². The number of ether oxygens (including phenoxy) is 1. The minimum Gasteiger partial charge on any atom is -0.494 e. The molecule has 1 atom stereocenters. The molecular weight excluding hydrogens is 250 g/mol. The van der Waals surface area contributed by atoms with Crippen LogP contribution in [0.5, 0.6) is 5.75 Å². The van der Waals surface area contributed by atoms with E-state index in [1.54, 1.807) is 0 Å². The summed E-state index contributed by atoms with van der Waals surface area (Å²) in [4.78, 5) is 11.1. The molecule has 110 valence electrons. The number of rotatable bonds is 8. The molecular formula is C17H25NO2. The number of carbonyl (C=O) groups is 1. The van der Waals surface area contributed by atoms with Gasteiger partial charge in [0, 0.05) is 6.42 Å². The molecule has 20 heavy (non-hydrogen) atoms. The molecule has 1 aliphatic rings. The predicted molar refractivity (Wildman–Crippen MR) is 80.7 cm³/mol. The number of nitrogens with two attached hydrogens (primary N) is 1. The SMILES string of the molecule is CCCOc1cccc(C(C)(CCC(N)=O)C2CC2)c1. The van der Waals surface area contributed by atoms with Crippen LogP contribution >= 0.6 is 0 Å². The summed E-state index contributed by atoms with van der Waals surface area (Å²) in [7, 11) is 0. The Kier molecular flexibility index (Phi) is 4.69. The van der Waals surface area contributed by atoms with Crippen molar-refractivity contribution in [3.63, 3.8) is 0 Å². The van der Waals surface area contributed by atoms with Gasteiger partial charge in [0.25, 0.3) is 0 Å². The van der Waals surface area contributed by atoms with Crippen LogP contribution in [0.15, 0.2) is 24.3 Å². The Morgan fingerprint density at radius 1 is 1.45 bits per heavy atom. The highest BCUT2D eigenvalue weighted by molar-refractivity contribution is 5.73. The highest BCUT2D eigenvalue weighted by atomic mass is 16.5. The molecule has 1 unspecified atom stereocenters. The molecule has 0 bridgehead atoms. The summed E-state index contributed by atoms with van der Waals surface area (Å²) in [5.74, 6) is 1.38. The molecule has 1 aromatic rings. The van der Waals surface area contributed by atoms with Gasteiger partial charge in [-0.3, -0.25) is 4.79 Å². The lowest BCUT2D eigenvalue weighted by Gasteiger charge is -2.30. The minimum absolute atomic E-state index is 0.0423. The van der Waals surface area contributed by atoms with E-state index >= 15 is 0 Å². The summed E-state index contributed by atoms with van der Waals surface area (Å²) in [5.41, 5.74) is 6.65. The van der Waals surface area contributed by atoms with E-state index in [1.807, 2.05) is 12.1 Å². The maximum atomic E-state index is 11.1. The van der Waals surface area contributed by atoms with Gasteiger partial charge in [-0.2, -0.15) is 0 Å². The summed E-state index contributed by atoms with van der Waals surface area (Å²) in [6.07, 6.45) is 4.77. The van der Waals surface area contributed by atoms with Gasteiger partial charge in [-0.05, 0) is 54.7 Å². The van der Waals surface area contributed by atoms with Crippen molar-refractivity contribution < 1.29 is 9.53 Å². The van der Waals surface area contributed by atoms with Crippen molar-refractivity contribution >= 4 is 5.91 Å². The highest BCUT2D eigenvalue weighted by Crippen LogP contribution is 2.50. The Hall–Kier alpha value is -1.51. The van der Waals surface area contributed by atoms with Crippen LogP contribution in [-0.2, 0) is 10.2 Å². The summed E-state index contributed by atoms with van der Waals surface area (Å²) < 4.78 is 5.73. The second-order valence-electron chi connectivity index (χ2n) is 6.03. The van der Waals surface area contributed by atoms with Crippen LogP contribution in [-0.4, -0.2) is 12.5 Å². The van der Waals surface area contributed by atoms with Gasteiger partial charge in [-0.25, -0.2) is 0 Å². The molecule has 0 saturated heterocycles. The van der Waals surface area contributed by atoms with E-state index in [4.69, 9.17) is 10.5 Å². The number of amides is 1. The Balaban J connectivity index is 2.17. The normalized spacial score (nSPS) is 17.5. The molecule has 3 heteroatoms. The van der Waals surface area contributed by atoms with Crippen molar-refractivity contribution in [2.75, 3.05) is 6.61 Å². The summed E-state index contributed by atoms with van der Waals surface area (Å²) in [6, 6.07) is 8.33. The van der Waals surface area contributed by atoms with Gasteiger partial charge in [0.05, 0.1) is 6.61 Å². The van der Waals surface area contributed by atoms with Gasteiger partial charge in [0.2, 0.25) is 5.91 Å². The highest BCUT2D eigenvalue weighted by Gasteiger charge is 2.42. The fraction of sp³-hybridized carbons (Fsp3) is 0.588. The standard InChI is InChI=1S/C17H25NO2/c1-3-11-20-15-6-4-5-14(12-15)17(2,13-7-8-13)10-9-16(18)19/h4-6,12-13H,3,7-11H2,1-2H3,(H2,18,19). The van der Waals surface area contributed by atoms with Gasteiger partial charge < -0.3 is 10.5 Å². The molecule has 1 aliphatic carbocycles. The zero-order valence-electron chi connectivity index (χ0n) is 12.5. The van der Waals surface area contributed by atoms with Crippen molar-refractivity contribution in [1.82, 2.24) is 0 Å². The minimum atomic E-state index is -0.213. The monoisotopic (exact) mass is 275 g/mol. The number of primary amides is 1. The molecule has 2 N–H and O–H groups in total. The van der Waals surface area contributed by atoms with Crippen molar-refractivity contribution in [1.29, 1.82) is 0 Å². The summed E-state index contributed by atoms with van der Waals surface area (Å²) >= 11 is 0. The number of carbonyl (C=O) groups excluding carboxylic acids is 1. The smallest absolute Gasteiger partial charge is 0.217 e. The molecule has 1 fully saturated rings. The molecule has 0 aliphatic heterocycles. The van der Waals surface area contributed by atoms with Crippen molar-refractivity contribution in [3.05, 3.63) is 29.8 Å². The third-order valence-corrected chi connectivity index (χ3v) is 4.34. The van der Waals surface area contributed by atoms with E-state index in [1.165, 1.54) is 18.4 Å². The molecule has 1 amide bonds. The Labute approximate surface area is 121 Å². The Morgan fingerprint density at radius 3 is 2.80 bits per heavy atom. The number of hydrogen-bond acceptors (Lipinski definition) is 2. The fourth-order valence-electron chi connectivity index (χ4n) is 2.85. The van der Waals surface area contributed by atoms with Gasteiger partial charge in [-0.15, -0.1) is 0 Å². The third-order valence-electron chi connectivity index (χ3n) is 4.34. The lowest BCUT2D eigenvalue weighted by Crippen LogP contribution is -2.27. The Bertz CT molecular complexity index is 468. The number of benzene rings is 1. The quantitative estimate of drug-likeness (QED) is 0.790. The largest absolute Gasteiger partial charge is 0.494 e. The first-order valence-corrected chi connectivity index (χ1v) is 7.58. The lowest BCUT2D eigenvalue weighted by atomic mass is 9.74. The number of hydrogen-bond donors (Lipinski definition) is 1. The van der Waals surface area contributed by atoms with Crippen LogP contribution in [0, 0.1) is 5.92 Å². The van der Waals surface area contributed by atoms with Crippen LogP contribution in [0.1, 0.15) is 51.5 Å². The molecule has 2 rings (SSSR count). The van der Waals surface area contributed by atoms with Crippen LogP contribution in [0.25, 0.3) is 0 Å². The first-order chi connectivity index (χ1) is 9.56. The first-order valence-electron chi connectivity index (χ1n) is 7.58. The van der Waals surface area contributed by atoms with Gasteiger partial charge >= 0.3 is 0 Å². The zero-order valence-corrected chi connectivity index (χ0v) is 12.5. The average Bonchev–Trinajstić information content (AvgIpc) is 3.27. The maximum absolute atomic E-state index is 11.1. The van der Waals surface area contributed by atoms with Crippen LogP contribution in [0.4, 0.5) is 0 Å². The molecule has 3 nitrogen and oxygen atoms in total. The molecule has 0 aromatic heterocycles. The maximum Gasteiger partial charge on any atom is 0.217 e. The third kappa shape index (κ3) is 3.53. The van der Waals surface area contributed by atoms with Crippen molar-refractivity contribution in [3.8, 4) is 5.75 Å². The van der Waals surface area contributed by atoms with Crippen LogP contribution in [0.3, 0.4) is 0 Å². The molecule has 0 radical (unpaired) electrons. The van der Waals surface area contributed by atoms with E-state index in [0.717, 1.165) is 25.2 Å². The van der Waals surface area contributed by atoms with E-state index in [2.05, 4.69) is 26.0 Å². The van der Waals surface area contributed by atoms with Gasteiger partial charge in [0.1, 0.15) is 5.75 Å². The first kappa shape index (κ1) is 14.9. The van der Waals surface area contributed by atoms with E-state index < -0.39 is 0 Å². The topological polar surface area (TPSA) is 52.3 Å². The van der Waals surface area contributed by atoms with Gasteiger partial charge in [-0.1, -0.05) is 26.0 Å². The fourth-order valence-corrected chi connectivity index (χ4v) is 2.85.